The third-order valence-corrected chi connectivity index (χ3v) is 3.92. The van der Waals surface area contributed by atoms with Crippen molar-refractivity contribution in [2.75, 3.05) is 5.32 Å². The number of aromatic hydroxyl groups is 1. The van der Waals surface area contributed by atoms with Crippen molar-refractivity contribution >= 4 is 17.6 Å². The van der Waals surface area contributed by atoms with E-state index >= 15 is 0 Å². The van der Waals surface area contributed by atoms with Gasteiger partial charge in [0, 0.05) is 11.1 Å². The molecule has 1 aliphatic rings. The number of carboxylic acid groups (broad SMARTS) is 1. The number of halogens is 1. The summed E-state index contributed by atoms with van der Waals surface area (Å²) in [5.41, 5.74) is 0.0633. The molecule has 0 bridgehead atoms. The minimum Gasteiger partial charge on any atom is -0.508 e. The fourth-order valence-electron chi connectivity index (χ4n) is 2.72. The highest BCUT2D eigenvalue weighted by molar-refractivity contribution is 6.09. The lowest BCUT2D eigenvalue weighted by Gasteiger charge is -2.10. The van der Waals surface area contributed by atoms with Gasteiger partial charge >= 0.3 is 5.97 Å². The monoisotopic (exact) mass is 344 g/mol. The number of carbonyl (C=O) groups excluding carboxylic acids is 1. The number of phenols is 1. The number of aliphatic carboxylic acids is 1. The zero-order valence-electron chi connectivity index (χ0n) is 16.0. The van der Waals surface area contributed by atoms with Crippen molar-refractivity contribution in [2.24, 2.45) is 0 Å². The van der Waals surface area contributed by atoms with Gasteiger partial charge < -0.3 is 15.5 Å². The molecule has 0 atom stereocenters. The summed E-state index contributed by atoms with van der Waals surface area (Å²) >= 11 is 0. The Morgan fingerprint density at radius 1 is 1.16 bits per heavy atom. The number of phenolic OH excluding ortho intramolecular Hbond substituents is 1. The van der Waals surface area contributed by atoms with E-state index in [0.29, 0.717) is 12.8 Å². The first-order valence-corrected chi connectivity index (χ1v) is 7.57. The molecule has 0 saturated carbocycles. The molecule has 0 spiro atoms. The van der Waals surface area contributed by atoms with E-state index in [1.165, 1.54) is 12.1 Å². The summed E-state index contributed by atoms with van der Waals surface area (Å²) in [6.07, 6.45) is 1.13. The maximum Gasteiger partial charge on any atom is 0.332 e. The number of hydrogen-bond acceptors (Lipinski definition) is 3. The fourth-order valence-corrected chi connectivity index (χ4v) is 2.72. The largest absolute Gasteiger partial charge is 0.508 e. The first kappa shape index (κ1) is 13.2. The second kappa shape index (κ2) is 6.76. The minimum absolute atomic E-state index is 0.0261. The highest BCUT2D eigenvalue weighted by Gasteiger charge is 2.25. The Morgan fingerprint density at radius 2 is 1.92 bits per heavy atom. The van der Waals surface area contributed by atoms with E-state index in [1.54, 1.807) is 0 Å². The SMILES string of the molecule is [2H]c1cc([2H])c(-c2ccc(NC(=O)C3=C(C(=O)O)CCC3)c(F)c2)c([2H])c1O. The molecule has 0 fully saturated rings. The van der Waals surface area contributed by atoms with E-state index in [0.717, 1.165) is 12.1 Å². The van der Waals surface area contributed by atoms with Gasteiger partial charge in [0.15, 0.2) is 0 Å². The van der Waals surface area contributed by atoms with Crippen LogP contribution in [0.4, 0.5) is 10.1 Å². The molecule has 0 aliphatic heterocycles. The van der Waals surface area contributed by atoms with Gasteiger partial charge in [0.2, 0.25) is 0 Å². The molecule has 1 aliphatic carbocycles. The van der Waals surface area contributed by atoms with Crippen LogP contribution in [0.1, 0.15) is 23.4 Å². The highest BCUT2D eigenvalue weighted by atomic mass is 19.1. The molecule has 0 aromatic heterocycles. The normalized spacial score (nSPS) is 15.5. The molecular formula is C19H16FNO4. The second-order valence-electron chi connectivity index (χ2n) is 5.55. The number of carbonyl (C=O) groups is 2. The number of carboxylic acids is 1. The summed E-state index contributed by atoms with van der Waals surface area (Å²) in [4.78, 5) is 23.5. The molecule has 6 heteroatoms. The molecule has 3 rings (SSSR count). The van der Waals surface area contributed by atoms with Gasteiger partial charge in [0.05, 0.1) is 9.80 Å². The van der Waals surface area contributed by atoms with Gasteiger partial charge in [-0.05, 0) is 54.6 Å². The lowest BCUT2D eigenvalue weighted by Crippen LogP contribution is -2.17. The van der Waals surface area contributed by atoms with Crippen molar-refractivity contribution in [1.29, 1.82) is 0 Å². The van der Waals surface area contributed by atoms with Crippen LogP contribution in [-0.4, -0.2) is 22.1 Å². The summed E-state index contributed by atoms with van der Waals surface area (Å²) in [7, 11) is 0. The van der Waals surface area contributed by atoms with Crippen LogP contribution in [-0.2, 0) is 9.59 Å². The van der Waals surface area contributed by atoms with Gasteiger partial charge in [0.25, 0.3) is 5.91 Å². The summed E-state index contributed by atoms with van der Waals surface area (Å²) in [6.45, 7) is 0. The number of rotatable bonds is 4. The van der Waals surface area contributed by atoms with Gasteiger partial charge in [-0.25, -0.2) is 9.18 Å². The van der Waals surface area contributed by atoms with Gasteiger partial charge in [-0.1, -0.05) is 18.2 Å². The van der Waals surface area contributed by atoms with Crippen LogP contribution in [0.25, 0.3) is 11.1 Å². The van der Waals surface area contributed by atoms with Crippen LogP contribution >= 0.6 is 0 Å². The number of anilines is 1. The first-order chi connectivity index (χ1) is 13.2. The Labute approximate surface area is 147 Å². The molecule has 2 aromatic rings. The predicted octanol–water partition coefficient (Wildman–Crippen LogP) is 3.70. The van der Waals surface area contributed by atoms with Crippen molar-refractivity contribution in [1.82, 2.24) is 0 Å². The van der Waals surface area contributed by atoms with E-state index in [2.05, 4.69) is 5.32 Å². The standard InChI is InChI=1S/C19H16FNO4/c20-16-10-12(11-3-1-4-13(22)9-11)7-8-17(16)21-18(23)14-5-2-6-15(14)19(24)25/h1,3-4,7-10,22H,2,5-6H2,(H,21,23)(H,24,25)/i3D,4D,9D. The maximum absolute atomic E-state index is 14.5. The third kappa shape index (κ3) is 3.52. The molecule has 2 aromatic carbocycles. The Balaban J connectivity index is 1.92. The van der Waals surface area contributed by atoms with Crippen molar-refractivity contribution < 1.29 is 28.3 Å². The van der Waals surface area contributed by atoms with Gasteiger partial charge in [0.1, 0.15) is 11.6 Å². The van der Waals surface area contributed by atoms with Crippen LogP contribution in [0.5, 0.6) is 5.75 Å². The van der Waals surface area contributed by atoms with E-state index < -0.39 is 29.5 Å². The topological polar surface area (TPSA) is 86.6 Å². The quantitative estimate of drug-likeness (QED) is 0.789. The zero-order chi connectivity index (χ0) is 20.6. The molecule has 25 heavy (non-hydrogen) atoms. The molecule has 0 heterocycles. The number of amides is 1. The van der Waals surface area contributed by atoms with Crippen molar-refractivity contribution in [3.05, 3.63) is 59.4 Å². The van der Waals surface area contributed by atoms with Crippen LogP contribution in [0.2, 0.25) is 0 Å². The van der Waals surface area contributed by atoms with Crippen LogP contribution < -0.4 is 5.32 Å². The Bertz CT molecular complexity index is 1040. The summed E-state index contributed by atoms with van der Waals surface area (Å²) in [6, 6.07) is 3.61. The minimum atomic E-state index is -1.16. The maximum atomic E-state index is 14.5. The zero-order valence-corrected chi connectivity index (χ0v) is 13.0. The molecule has 0 unspecified atom stereocenters. The Morgan fingerprint density at radius 3 is 2.64 bits per heavy atom. The molecule has 5 nitrogen and oxygen atoms in total. The molecular weight excluding hydrogens is 325 g/mol. The average molecular weight is 344 g/mol. The van der Waals surface area contributed by atoms with Crippen LogP contribution in [0.15, 0.2) is 53.5 Å². The van der Waals surface area contributed by atoms with Crippen molar-refractivity contribution in [3.8, 4) is 16.9 Å². The van der Waals surface area contributed by atoms with Crippen LogP contribution in [0.3, 0.4) is 0 Å². The fraction of sp³-hybridized carbons (Fsp3) is 0.158. The molecule has 0 saturated heterocycles. The van der Waals surface area contributed by atoms with E-state index in [9.17, 15) is 19.1 Å². The van der Waals surface area contributed by atoms with Gasteiger partial charge in [-0.2, -0.15) is 0 Å². The second-order valence-corrected chi connectivity index (χ2v) is 5.55. The summed E-state index contributed by atoms with van der Waals surface area (Å²) in [5.74, 6) is -3.30. The summed E-state index contributed by atoms with van der Waals surface area (Å²) < 4.78 is 37.8. The Hall–Kier alpha value is -3.15. The van der Waals surface area contributed by atoms with E-state index in [-0.39, 0.29) is 46.5 Å². The van der Waals surface area contributed by atoms with Gasteiger partial charge in [-0.15, -0.1) is 0 Å². The summed E-state index contributed by atoms with van der Waals surface area (Å²) in [5, 5.41) is 21.2. The Kier molecular flexibility index (Phi) is 3.56. The number of hydrogen-bond donors (Lipinski definition) is 3. The third-order valence-electron chi connectivity index (χ3n) is 3.92. The highest BCUT2D eigenvalue weighted by Crippen LogP contribution is 2.29. The van der Waals surface area contributed by atoms with Crippen molar-refractivity contribution in [3.63, 3.8) is 0 Å². The first-order valence-electron chi connectivity index (χ1n) is 9.07. The molecule has 128 valence electrons. The molecule has 3 N–H and O–H groups in total. The number of benzene rings is 2. The lowest BCUT2D eigenvalue weighted by atomic mass is 10.0. The molecule has 0 radical (unpaired) electrons. The van der Waals surface area contributed by atoms with Crippen LogP contribution in [0, 0.1) is 5.82 Å². The average Bonchev–Trinajstić information content (AvgIpc) is 3.12. The van der Waals surface area contributed by atoms with Crippen molar-refractivity contribution in [2.45, 2.75) is 19.3 Å². The van der Waals surface area contributed by atoms with E-state index in [1.807, 2.05) is 0 Å². The molecule has 1 amide bonds. The van der Waals surface area contributed by atoms with E-state index in [4.69, 9.17) is 9.22 Å². The smallest absolute Gasteiger partial charge is 0.332 e. The lowest BCUT2D eigenvalue weighted by molar-refractivity contribution is -0.133. The number of nitrogens with one attached hydrogen (secondary N) is 1. The van der Waals surface area contributed by atoms with Gasteiger partial charge in [-0.3, -0.25) is 4.79 Å². The predicted molar refractivity (Wildman–Crippen MR) is 90.6 cm³/mol.